The third-order valence-electron chi connectivity index (χ3n) is 8.00. The molecule has 5 rings (SSSR count). The van der Waals surface area contributed by atoms with Crippen molar-refractivity contribution in [2.75, 3.05) is 0 Å². The van der Waals surface area contributed by atoms with Crippen LogP contribution in [-0.2, 0) is 0 Å². The summed E-state index contributed by atoms with van der Waals surface area (Å²) in [5, 5.41) is 5.18. The molecule has 3 nitrogen and oxygen atoms in total. The zero-order valence-corrected chi connectivity index (χ0v) is 23.6. The molecule has 4 aromatic carbocycles. The molecule has 1 heterocycles. The zero-order valence-electron chi connectivity index (χ0n) is 22.6. The van der Waals surface area contributed by atoms with E-state index in [0.717, 1.165) is 49.4 Å². The van der Waals surface area contributed by atoms with E-state index in [4.69, 9.17) is 4.43 Å². The minimum Gasteiger partial charge on any atom is -0.544 e. The second kappa shape index (κ2) is 8.34. The summed E-state index contributed by atoms with van der Waals surface area (Å²) in [4.78, 5) is 14.1. The zero-order chi connectivity index (χ0) is 26.0. The van der Waals surface area contributed by atoms with Gasteiger partial charge in [0.25, 0.3) is 5.56 Å². The Labute approximate surface area is 214 Å². The van der Waals surface area contributed by atoms with Crippen molar-refractivity contribution in [3.63, 3.8) is 0 Å². The lowest BCUT2D eigenvalue weighted by molar-refractivity contribution is 0.492. The highest BCUT2D eigenvalue weighted by Crippen LogP contribution is 2.38. The normalized spacial score (nSPS) is 12.6. The van der Waals surface area contributed by atoms with E-state index in [9.17, 15) is 4.79 Å². The molecule has 1 aromatic heterocycles. The highest BCUT2D eigenvalue weighted by atomic mass is 28.4. The Balaban J connectivity index is 1.81. The fourth-order valence-electron chi connectivity index (χ4n) is 4.69. The monoisotopic (exact) mass is 493 g/mol. The van der Waals surface area contributed by atoms with Crippen LogP contribution in [0.25, 0.3) is 38.1 Å². The van der Waals surface area contributed by atoms with Crippen molar-refractivity contribution >= 4 is 40.8 Å². The first-order chi connectivity index (χ1) is 16.9. The van der Waals surface area contributed by atoms with Crippen LogP contribution < -0.4 is 9.99 Å². The van der Waals surface area contributed by atoms with Crippen LogP contribution in [0, 0.1) is 20.8 Å². The van der Waals surface area contributed by atoms with E-state index >= 15 is 0 Å². The lowest BCUT2D eigenvalue weighted by Gasteiger charge is -2.36. The molecule has 4 heteroatoms. The van der Waals surface area contributed by atoms with Crippen molar-refractivity contribution in [2.24, 2.45) is 0 Å². The Morgan fingerprint density at radius 2 is 1.33 bits per heavy atom. The van der Waals surface area contributed by atoms with E-state index in [1.54, 1.807) is 0 Å². The summed E-state index contributed by atoms with van der Waals surface area (Å²) in [6.07, 6.45) is 0. The van der Waals surface area contributed by atoms with Crippen molar-refractivity contribution in [1.82, 2.24) is 4.57 Å². The number of benzene rings is 4. The molecule has 0 saturated carbocycles. The standard InChI is InChI=1S/C32H35NO2Si/c1-20-9-15-26-23(17-20)10-16-27-28-18-21(2)22(3)19-29(28)31(34)33(30(26)27)24-11-13-25(14-12-24)35-36(7,8)32(4,5)6/h9-19H,1-8H3. The van der Waals surface area contributed by atoms with Gasteiger partial charge in [0, 0.05) is 21.8 Å². The van der Waals surface area contributed by atoms with Crippen LogP contribution in [0.1, 0.15) is 37.5 Å². The molecule has 0 bridgehead atoms. The third-order valence-corrected chi connectivity index (χ3v) is 12.4. The van der Waals surface area contributed by atoms with Gasteiger partial charge in [-0.2, -0.15) is 0 Å². The van der Waals surface area contributed by atoms with Crippen LogP contribution in [-0.4, -0.2) is 12.9 Å². The summed E-state index contributed by atoms with van der Waals surface area (Å²) in [6, 6.07) is 23.0. The van der Waals surface area contributed by atoms with Crippen molar-refractivity contribution in [3.8, 4) is 11.4 Å². The topological polar surface area (TPSA) is 31.2 Å². The van der Waals surface area contributed by atoms with Crippen LogP contribution >= 0.6 is 0 Å². The van der Waals surface area contributed by atoms with Crippen LogP contribution in [0.5, 0.6) is 5.75 Å². The Kier molecular flexibility index (Phi) is 5.64. The molecule has 5 aromatic rings. The maximum Gasteiger partial charge on any atom is 0.263 e. The van der Waals surface area contributed by atoms with E-state index < -0.39 is 8.32 Å². The average molecular weight is 494 g/mol. The number of nitrogens with zero attached hydrogens (tertiary/aromatic N) is 1. The Morgan fingerprint density at radius 3 is 1.97 bits per heavy atom. The number of pyridine rings is 1. The van der Waals surface area contributed by atoms with Crippen LogP contribution in [0.15, 0.2) is 71.5 Å². The number of rotatable bonds is 3. The molecule has 36 heavy (non-hydrogen) atoms. The molecule has 0 unspecified atom stereocenters. The van der Waals surface area contributed by atoms with Gasteiger partial charge in [-0.25, -0.2) is 0 Å². The lowest BCUT2D eigenvalue weighted by atomic mass is 9.97. The molecule has 0 radical (unpaired) electrons. The summed E-state index contributed by atoms with van der Waals surface area (Å²) in [5.41, 5.74) is 5.33. The number of hydrogen-bond donors (Lipinski definition) is 0. The van der Waals surface area contributed by atoms with Gasteiger partial charge in [0.2, 0.25) is 8.32 Å². The first-order valence-corrected chi connectivity index (χ1v) is 15.6. The van der Waals surface area contributed by atoms with Gasteiger partial charge in [-0.15, -0.1) is 0 Å². The minimum absolute atomic E-state index is 0.00624. The molecule has 0 saturated heterocycles. The molecule has 0 fully saturated rings. The van der Waals surface area contributed by atoms with Gasteiger partial charge < -0.3 is 4.43 Å². The summed E-state index contributed by atoms with van der Waals surface area (Å²) in [6.45, 7) is 17.5. The van der Waals surface area contributed by atoms with Crippen molar-refractivity contribution in [2.45, 2.75) is 59.7 Å². The predicted octanol–water partition coefficient (Wildman–Crippen LogP) is 8.61. The first kappa shape index (κ1) is 24.3. The minimum atomic E-state index is -1.96. The summed E-state index contributed by atoms with van der Waals surface area (Å²) >= 11 is 0. The van der Waals surface area contributed by atoms with Crippen LogP contribution in [0.2, 0.25) is 18.1 Å². The molecule has 0 aliphatic carbocycles. The van der Waals surface area contributed by atoms with Crippen LogP contribution in [0.3, 0.4) is 0 Å². The second-order valence-electron chi connectivity index (χ2n) is 11.7. The molecule has 184 valence electrons. The number of aryl methyl sites for hydroxylation is 3. The van der Waals surface area contributed by atoms with Gasteiger partial charge in [-0.05, 0) is 91.1 Å². The number of fused-ring (bicyclic) bond motifs is 5. The van der Waals surface area contributed by atoms with Gasteiger partial charge in [0.05, 0.1) is 5.52 Å². The lowest BCUT2D eigenvalue weighted by Crippen LogP contribution is -2.43. The second-order valence-corrected chi connectivity index (χ2v) is 16.4. The summed E-state index contributed by atoms with van der Waals surface area (Å²) in [5.74, 6) is 0.857. The number of hydrogen-bond acceptors (Lipinski definition) is 2. The molecule has 0 aliphatic rings. The quantitative estimate of drug-likeness (QED) is 0.186. The first-order valence-electron chi connectivity index (χ1n) is 12.7. The van der Waals surface area contributed by atoms with E-state index in [-0.39, 0.29) is 10.6 Å². The molecule has 0 spiro atoms. The Morgan fingerprint density at radius 1 is 0.722 bits per heavy atom. The maximum absolute atomic E-state index is 14.1. The van der Waals surface area contributed by atoms with Gasteiger partial charge in [-0.1, -0.05) is 62.7 Å². The predicted molar refractivity (Wildman–Crippen MR) is 157 cm³/mol. The van der Waals surface area contributed by atoms with E-state index in [1.807, 2.05) is 34.9 Å². The largest absolute Gasteiger partial charge is 0.544 e. The Bertz CT molecular complexity index is 1700. The highest BCUT2D eigenvalue weighted by molar-refractivity contribution is 6.74. The molecule has 0 atom stereocenters. The van der Waals surface area contributed by atoms with Gasteiger partial charge in [-0.3, -0.25) is 9.36 Å². The molecular formula is C32H35NO2Si. The fourth-order valence-corrected chi connectivity index (χ4v) is 5.72. The SMILES string of the molecule is Cc1ccc2c(ccc3c4cc(C)c(C)cc4c(=O)n(-c4ccc(O[Si](C)(C)C(C)(C)C)cc4)c23)c1. The Hall–Kier alpha value is -3.37. The van der Waals surface area contributed by atoms with E-state index in [1.165, 1.54) is 11.1 Å². The van der Waals surface area contributed by atoms with Crippen molar-refractivity contribution in [1.29, 1.82) is 0 Å². The molecule has 0 aliphatic heterocycles. The van der Waals surface area contributed by atoms with Gasteiger partial charge >= 0.3 is 0 Å². The van der Waals surface area contributed by atoms with Crippen LogP contribution in [0.4, 0.5) is 0 Å². The molecule has 0 amide bonds. The summed E-state index contributed by atoms with van der Waals surface area (Å²) in [7, 11) is -1.96. The van der Waals surface area contributed by atoms with Crippen molar-refractivity contribution < 1.29 is 4.43 Å². The third kappa shape index (κ3) is 3.94. The fraction of sp³-hybridized carbons (Fsp3) is 0.281. The molecule has 0 N–H and O–H groups in total. The highest BCUT2D eigenvalue weighted by Gasteiger charge is 2.38. The van der Waals surface area contributed by atoms with Crippen molar-refractivity contribution in [3.05, 3.63) is 93.8 Å². The summed E-state index contributed by atoms with van der Waals surface area (Å²) < 4.78 is 8.40. The maximum atomic E-state index is 14.1. The molecular weight excluding hydrogens is 458 g/mol. The van der Waals surface area contributed by atoms with Gasteiger partial charge in [0.1, 0.15) is 5.75 Å². The number of aromatic nitrogens is 1. The smallest absolute Gasteiger partial charge is 0.263 e. The van der Waals surface area contributed by atoms with E-state index in [2.05, 4.69) is 91.0 Å². The average Bonchev–Trinajstić information content (AvgIpc) is 2.80. The van der Waals surface area contributed by atoms with Gasteiger partial charge in [0.15, 0.2) is 0 Å². The van der Waals surface area contributed by atoms with E-state index in [0.29, 0.717) is 0 Å².